The molecule has 3 aromatic rings. The second kappa shape index (κ2) is 9.83. The molecule has 2 unspecified atom stereocenters. The molecule has 2 aromatic heterocycles. The standard InChI is InChI=1S/C27H32F3N5O3/c1-19(13-27(28,29)30)23(36)33-12-11-26(38,25(16-33)9-5-6-10-25)17-34-18-31-22-21(24(34)37)14-32-35(22)15-20-7-3-2-4-8-20/h2-4,7-8,14,18-19,38H,5-6,9-13,15-17H2,1H3. The lowest BCUT2D eigenvalue weighted by molar-refractivity contribution is -0.172. The number of rotatable bonds is 6. The van der Waals surface area contributed by atoms with Crippen molar-refractivity contribution in [2.45, 2.75) is 70.3 Å². The Morgan fingerprint density at radius 3 is 2.55 bits per heavy atom. The van der Waals surface area contributed by atoms with Crippen LogP contribution >= 0.6 is 0 Å². The molecule has 1 aromatic carbocycles. The maximum absolute atomic E-state index is 13.4. The molecule has 1 aliphatic heterocycles. The number of carbonyl (C=O) groups excluding carboxylic acids is 1. The number of halogens is 3. The van der Waals surface area contributed by atoms with Crippen LogP contribution in [0.1, 0.15) is 51.0 Å². The largest absolute Gasteiger partial charge is 0.389 e. The van der Waals surface area contributed by atoms with Gasteiger partial charge in [-0.3, -0.25) is 14.2 Å². The summed E-state index contributed by atoms with van der Waals surface area (Å²) in [7, 11) is 0. The average Bonchev–Trinajstić information content (AvgIpc) is 3.51. The van der Waals surface area contributed by atoms with E-state index in [1.54, 1.807) is 4.68 Å². The molecule has 1 spiro atoms. The van der Waals surface area contributed by atoms with Gasteiger partial charge in [-0.1, -0.05) is 50.1 Å². The summed E-state index contributed by atoms with van der Waals surface area (Å²) in [6.45, 7) is 2.09. The van der Waals surface area contributed by atoms with Gasteiger partial charge in [-0.15, -0.1) is 0 Å². The highest BCUT2D eigenvalue weighted by Gasteiger charge is 2.56. The minimum atomic E-state index is -4.42. The SMILES string of the molecule is CC(CC(F)(F)F)C(=O)N1CCC(O)(Cn2cnc3c(cnn3Cc3ccccc3)c2=O)C2(CCCC2)C1. The lowest BCUT2D eigenvalue weighted by Crippen LogP contribution is -2.62. The molecule has 1 saturated heterocycles. The molecule has 8 nitrogen and oxygen atoms in total. The molecule has 1 aliphatic carbocycles. The van der Waals surface area contributed by atoms with E-state index in [4.69, 9.17) is 0 Å². The van der Waals surface area contributed by atoms with Crippen LogP contribution in [0.2, 0.25) is 0 Å². The van der Waals surface area contributed by atoms with E-state index in [0.717, 1.165) is 18.4 Å². The number of amides is 1. The first kappa shape index (κ1) is 26.4. The van der Waals surface area contributed by atoms with Crippen molar-refractivity contribution in [3.63, 3.8) is 0 Å². The van der Waals surface area contributed by atoms with Crippen LogP contribution in [0.5, 0.6) is 0 Å². The van der Waals surface area contributed by atoms with Crippen molar-refractivity contribution in [1.82, 2.24) is 24.2 Å². The molecule has 1 saturated carbocycles. The molecule has 2 atom stereocenters. The van der Waals surface area contributed by atoms with Crippen LogP contribution in [0.25, 0.3) is 11.0 Å². The first-order valence-electron chi connectivity index (χ1n) is 13.0. The predicted molar refractivity (Wildman–Crippen MR) is 134 cm³/mol. The van der Waals surface area contributed by atoms with E-state index in [9.17, 15) is 27.9 Å². The van der Waals surface area contributed by atoms with Gasteiger partial charge in [-0.25, -0.2) is 9.67 Å². The number of aromatic nitrogens is 4. The summed E-state index contributed by atoms with van der Waals surface area (Å²) in [6.07, 6.45) is 0.481. The van der Waals surface area contributed by atoms with E-state index in [-0.39, 0.29) is 31.6 Å². The van der Waals surface area contributed by atoms with Gasteiger partial charge in [0.2, 0.25) is 5.91 Å². The van der Waals surface area contributed by atoms with Gasteiger partial charge in [0.05, 0.1) is 31.3 Å². The van der Waals surface area contributed by atoms with Gasteiger partial charge >= 0.3 is 6.18 Å². The molecule has 11 heteroatoms. The molecule has 1 N–H and O–H groups in total. The number of piperidine rings is 1. The number of aliphatic hydroxyl groups is 1. The number of alkyl halides is 3. The number of hydrogen-bond acceptors (Lipinski definition) is 5. The van der Waals surface area contributed by atoms with Crippen LogP contribution in [0.4, 0.5) is 13.2 Å². The van der Waals surface area contributed by atoms with Crippen LogP contribution in [-0.4, -0.2) is 60.1 Å². The van der Waals surface area contributed by atoms with Crippen molar-refractivity contribution in [2.75, 3.05) is 13.1 Å². The Hall–Kier alpha value is -3.21. The van der Waals surface area contributed by atoms with Crippen LogP contribution in [0, 0.1) is 11.3 Å². The Morgan fingerprint density at radius 1 is 1.16 bits per heavy atom. The molecule has 38 heavy (non-hydrogen) atoms. The summed E-state index contributed by atoms with van der Waals surface area (Å²) in [6, 6.07) is 9.71. The Bertz CT molecular complexity index is 1360. The van der Waals surface area contributed by atoms with Gasteiger partial charge in [0.15, 0.2) is 5.65 Å². The first-order chi connectivity index (χ1) is 18.0. The van der Waals surface area contributed by atoms with Crippen molar-refractivity contribution in [3.05, 3.63) is 58.8 Å². The van der Waals surface area contributed by atoms with Crippen LogP contribution in [-0.2, 0) is 17.9 Å². The molecule has 204 valence electrons. The number of carbonyl (C=O) groups is 1. The summed E-state index contributed by atoms with van der Waals surface area (Å²) < 4.78 is 41.8. The highest BCUT2D eigenvalue weighted by Crippen LogP contribution is 2.51. The molecule has 2 fully saturated rings. The third-order valence-electron chi connectivity index (χ3n) is 8.34. The van der Waals surface area contributed by atoms with Crippen molar-refractivity contribution >= 4 is 16.9 Å². The van der Waals surface area contributed by atoms with Crippen molar-refractivity contribution in [2.24, 2.45) is 11.3 Å². The lowest BCUT2D eigenvalue weighted by Gasteiger charge is -2.52. The zero-order valence-corrected chi connectivity index (χ0v) is 21.3. The van der Waals surface area contributed by atoms with Gasteiger partial charge in [0.25, 0.3) is 5.56 Å². The van der Waals surface area contributed by atoms with E-state index in [1.807, 2.05) is 30.3 Å². The molecule has 5 rings (SSSR count). The van der Waals surface area contributed by atoms with Gasteiger partial charge in [0.1, 0.15) is 11.7 Å². The fraction of sp³-hybridized carbons (Fsp3) is 0.556. The first-order valence-corrected chi connectivity index (χ1v) is 13.0. The molecule has 2 aliphatic rings. The van der Waals surface area contributed by atoms with Crippen molar-refractivity contribution < 1.29 is 23.1 Å². The topological polar surface area (TPSA) is 93.2 Å². The fourth-order valence-corrected chi connectivity index (χ4v) is 6.30. The number of nitrogens with zero attached hydrogens (tertiary/aromatic N) is 5. The Morgan fingerprint density at radius 2 is 1.87 bits per heavy atom. The maximum atomic E-state index is 13.4. The molecule has 1 amide bonds. The molecule has 3 heterocycles. The molecular weight excluding hydrogens is 499 g/mol. The zero-order valence-electron chi connectivity index (χ0n) is 21.3. The van der Waals surface area contributed by atoms with E-state index in [1.165, 1.54) is 28.9 Å². The summed E-state index contributed by atoms with van der Waals surface area (Å²) in [5.41, 5.74) is -0.825. The minimum absolute atomic E-state index is 0.00122. The summed E-state index contributed by atoms with van der Waals surface area (Å²) in [4.78, 5) is 32.3. The third kappa shape index (κ3) is 4.95. The number of benzene rings is 1. The number of fused-ring (bicyclic) bond motifs is 1. The molecule has 0 bridgehead atoms. The fourth-order valence-electron chi connectivity index (χ4n) is 6.30. The quantitative estimate of drug-likeness (QED) is 0.523. The lowest BCUT2D eigenvalue weighted by atomic mass is 9.65. The predicted octanol–water partition coefficient (Wildman–Crippen LogP) is 3.75. The van der Waals surface area contributed by atoms with E-state index < -0.39 is 35.4 Å². The van der Waals surface area contributed by atoms with E-state index in [2.05, 4.69) is 10.1 Å². The van der Waals surface area contributed by atoms with Gasteiger partial charge in [0, 0.05) is 24.4 Å². The van der Waals surface area contributed by atoms with Gasteiger partial charge in [-0.2, -0.15) is 18.3 Å². The Labute approximate surface area is 218 Å². The van der Waals surface area contributed by atoms with Crippen molar-refractivity contribution in [3.8, 4) is 0 Å². The minimum Gasteiger partial charge on any atom is -0.387 e. The maximum Gasteiger partial charge on any atom is 0.389 e. The van der Waals surface area contributed by atoms with Crippen molar-refractivity contribution in [1.29, 1.82) is 0 Å². The number of likely N-dealkylation sites (tertiary alicyclic amines) is 1. The molecular formula is C27H32F3N5O3. The van der Waals surface area contributed by atoms with Crippen LogP contribution in [0.15, 0.2) is 47.7 Å². The summed E-state index contributed by atoms with van der Waals surface area (Å²) in [5.74, 6) is -1.72. The smallest absolute Gasteiger partial charge is 0.387 e. The summed E-state index contributed by atoms with van der Waals surface area (Å²) >= 11 is 0. The van der Waals surface area contributed by atoms with Gasteiger partial charge < -0.3 is 10.0 Å². The summed E-state index contributed by atoms with van der Waals surface area (Å²) in [5, 5.41) is 16.7. The monoisotopic (exact) mass is 531 g/mol. The third-order valence-corrected chi connectivity index (χ3v) is 8.34. The van der Waals surface area contributed by atoms with E-state index in [0.29, 0.717) is 30.4 Å². The van der Waals surface area contributed by atoms with E-state index >= 15 is 0 Å². The Balaban J connectivity index is 1.38. The second-order valence-corrected chi connectivity index (χ2v) is 11.0. The molecule has 0 radical (unpaired) electrons. The second-order valence-electron chi connectivity index (χ2n) is 11.0. The Kier molecular flexibility index (Phi) is 6.83. The normalized spacial score (nSPS) is 22.3. The van der Waals surface area contributed by atoms with Crippen LogP contribution in [0.3, 0.4) is 0 Å². The zero-order chi connectivity index (χ0) is 27.1. The average molecular weight is 532 g/mol. The highest BCUT2D eigenvalue weighted by molar-refractivity contribution is 5.78. The number of hydrogen-bond donors (Lipinski definition) is 1. The van der Waals surface area contributed by atoms with Gasteiger partial charge in [-0.05, 0) is 24.8 Å². The van der Waals surface area contributed by atoms with Crippen LogP contribution < -0.4 is 5.56 Å². The highest BCUT2D eigenvalue weighted by atomic mass is 19.4.